The smallest absolute Gasteiger partial charge is 0.237 e. The van der Waals surface area contributed by atoms with Crippen molar-refractivity contribution in [2.45, 2.75) is 45.1 Å². The standard InChI is InChI=1S/C17H27N5O2.ClH/c1-12-8-14(21-20-12)9-16(23)22-7-3-4-13(11-22)10-19-17(24)15-5-2-6-18-15;/h8,13,15,18H,2-7,9-11H2,1H3,(H,19,24)(H,20,21);1H. The number of hydrogen-bond acceptors (Lipinski definition) is 4. The number of amides is 2. The second-order valence-corrected chi connectivity index (χ2v) is 6.96. The molecule has 1 aromatic heterocycles. The minimum atomic E-state index is -0.0331. The van der Waals surface area contributed by atoms with Crippen LogP contribution in [0.3, 0.4) is 0 Å². The molecule has 3 rings (SSSR count). The van der Waals surface area contributed by atoms with Gasteiger partial charge in [-0.1, -0.05) is 0 Å². The molecule has 0 spiro atoms. The summed E-state index contributed by atoms with van der Waals surface area (Å²) in [6.07, 6.45) is 4.38. The Balaban J connectivity index is 0.00000225. The molecule has 2 aliphatic rings. The van der Waals surface area contributed by atoms with Crippen molar-refractivity contribution < 1.29 is 9.59 Å². The van der Waals surface area contributed by atoms with E-state index in [-0.39, 0.29) is 30.3 Å². The van der Waals surface area contributed by atoms with Crippen LogP contribution in [0.25, 0.3) is 0 Å². The fourth-order valence-corrected chi connectivity index (χ4v) is 3.57. The lowest BCUT2D eigenvalue weighted by Gasteiger charge is -2.33. The van der Waals surface area contributed by atoms with Gasteiger partial charge < -0.3 is 15.5 Å². The predicted molar refractivity (Wildman–Crippen MR) is 97.6 cm³/mol. The number of likely N-dealkylation sites (tertiary alicyclic amines) is 1. The molecule has 3 N–H and O–H groups in total. The van der Waals surface area contributed by atoms with Crippen LogP contribution in [0.5, 0.6) is 0 Å². The van der Waals surface area contributed by atoms with E-state index in [0.717, 1.165) is 56.7 Å². The van der Waals surface area contributed by atoms with E-state index in [0.29, 0.717) is 18.9 Å². The number of hydrogen-bond donors (Lipinski definition) is 3. The molecule has 1 aromatic rings. The molecule has 0 saturated carbocycles. The lowest BCUT2D eigenvalue weighted by atomic mass is 9.97. The fraction of sp³-hybridized carbons (Fsp3) is 0.706. The number of halogens is 1. The van der Waals surface area contributed by atoms with Crippen molar-refractivity contribution in [3.63, 3.8) is 0 Å². The molecule has 0 aromatic carbocycles. The number of nitrogens with one attached hydrogen (secondary N) is 3. The monoisotopic (exact) mass is 369 g/mol. The number of H-pyrrole nitrogens is 1. The molecule has 8 heteroatoms. The molecule has 2 atom stereocenters. The van der Waals surface area contributed by atoms with Crippen molar-refractivity contribution in [3.05, 3.63) is 17.5 Å². The zero-order chi connectivity index (χ0) is 16.9. The first kappa shape index (κ1) is 19.7. The number of piperidine rings is 1. The Morgan fingerprint density at radius 1 is 1.36 bits per heavy atom. The van der Waals surface area contributed by atoms with Crippen LogP contribution in [0.15, 0.2) is 6.07 Å². The topological polar surface area (TPSA) is 90.1 Å². The van der Waals surface area contributed by atoms with E-state index in [4.69, 9.17) is 0 Å². The van der Waals surface area contributed by atoms with Gasteiger partial charge in [0.15, 0.2) is 0 Å². The van der Waals surface area contributed by atoms with Crippen LogP contribution in [0, 0.1) is 12.8 Å². The van der Waals surface area contributed by atoms with Crippen LogP contribution in [-0.4, -0.2) is 59.1 Å². The molecule has 2 unspecified atom stereocenters. The molecule has 0 bridgehead atoms. The van der Waals surface area contributed by atoms with Gasteiger partial charge in [0.05, 0.1) is 18.2 Å². The molecule has 25 heavy (non-hydrogen) atoms. The first-order chi connectivity index (χ1) is 11.6. The number of carbonyl (C=O) groups excluding carboxylic acids is 2. The van der Waals surface area contributed by atoms with Crippen molar-refractivity contribution in [1.29, 1.82) is 0 Å². The van der Waals surface area contributed by atoms with Gasteiger partial charge in [-0.25, -0.2) is 0 Å². The number of nitrogens with zero attached hydrogens (tertiary/aromatic N) is 2. The summed E-state index contributed by atoms with van der Waals surface area (Å²) in [4.78, 5) is 26.4. The molecule has 0 aliphatic carbocycles. The van der Waals surface area contributed by atoms with E-state index in [1.165, 1.54) is 0 Å². The Morgan fingerprint density at radius 2 is 2.20 bits per heavy atom. The summed E-state index contributed by atoms with van der Waals surface area (Å²) in [5, 5.41) is 13.3. The highest BCUT2D eigenvalue weighted by molar-refractivity contribution is 5.85. The summed E-state index contributed by atoms with van der Waals surface area (Å²) in [5.74, 6) is 0.562. The van der Waals surface area contributed by atoms with Crippen LogP contribution < -0.4 is 10.6 Å². The van der Waals surface area contributed by atoms with Crippen molar-refractivity contribution in [1.82, 2.24) is 25.7 Å². The highest BCUT2D eigenvalue weighted by Crippen LogP contribution is 2.17. The molecule has 0 radical (unpaired) electrons. The van der Waals surface area contributed by atoms with Gasteiger partial charge in [0.2, 0.25) is 11.8 Å². The maximum atomic E-state index is 12.4. The molecule has 3 heterocycles. The van der Waals surface area contributed by atoms with Crippen molar-refractivity contribution in [2.75, 3.05) is 26.2 Å². The Kier molecular flexibility index (Phi) is 7.25. The third-order valence-corrected chi connectivity index (χ3v) is 4.90. The molecular weight excluding hydrogens is 342 g/mol. The van der Waals surface area contributed by atoms with Gasteiger partial charge in [0.1, 0.15) is 0 Å². The molecule has 2 aliphatic heterocycles. The Bertz CT molecular complexity index is 585. The summed E-state index contributed by atoms with van der Waals surface area (Å²) >= 11 is 0. The van der Waals surface area contributed by atoms with Gasteiger partial charge in [0.25, 0.3) is 0 Å². The van der Waals surface area contributed by atoms with E-state index in [9.17, 15) is 9.59 Å². The average Bonchev–Trinajstić information content (AvgIpc) is 3.25. The lowest BCUT2D eigenvalue weighted by molar-refractivity contribution is -0.132. The number of carbonyl (C=O) groups is 2. The van der Waals surface area contributed by atoms with E-state index in [1.54, 1.807) is 0 Å². The maximum absolute atomic E-state index is 12.4. The minimum Gasteiger partial charge on any atom is -0.354 e. The molecule has 2 amide bonds. The van der Waals surface area contributed by atoms with Crippen LogP contribution in [0.4, 0.5) is 0 Å². The average molecular weight is 370 g/mol. The second-order valence-electron chi connectivity index (χ2n) is 6.96. The van der Waals surface area contributed by atoms with Gasteiger partial charge in [-0.3, -0.25) is 14.7 Å². The van der Waals surface area contributed by atoms with Crippen LogP contribution in [0.2, 0.25) is 0 Å². The van der Waals surface area contributed by atoms with Crippen LogP contribution >= 0.6 is 12.4 Å². The molecular formula is C17H28ClN5O2. The quantitative estimate of drug-likeness (QED) is 0.715. The van der Waals surface area contributed by atoms with Crippen LogP contribution in [-0.2, 0) is 16.0 Å². The summed E-state index contributed by atoms with van der Waals surface area (Å²) in [6.45, 7) is 5.04. The second kappa shape index (κ2) is 9.20. The number of aromatic nitrogens is 2. The first-order valence-electron chi connectivity index (χ1n) is 8.91. The third-order valence-electron chi connectivity index (χ3n) is 4.90. The van der Waals surface area contributed by atoms with Crippen molar-refractivity contribution >= 4 is 24.2 Å². The van der Waals surface area contributed by atoms with E-state index < -0.39 is 0 Å². The van der Waals surface area contributed by atoms with E-state index >= 15 is 0 Å². The Morgan fingerprint density at radius 3 is 2.88 bits per heavy atom. The third kappa shape index (κ3) is 5.44. The largest absolute Gasteiger partial charge is 0.354 e. The highest BCUT2D eigenvalue weighted by atomic mass is 35.5. The Labute approximate surface area is 154 Å². The van der Waals surface area contributed by atoms with Gasteiger partial charge >= 0.3 is 0 Å². The zero-order valence-corrected chi connectivity index (χ0v) is 15.5. The number of aromatic amines is 1. The minimum absolute atomic E-state index is 0. The summed E-state index contributed by atoms with van der Waals surface area (Å²) < 4.78 is 0. The summed E-state index contributed by atoms with van der Waals surface area (Å²) in [6, 6.07) is 1.88. The SMILES string of the molecule is Cc1cc(CC(=O)N2CCCC(CNC(=O)C3CCCN3)C2)n[nH]1.Cl. The first-order valence-corrected chi connectivity index (χ1v) is 8.91. The number of aryl methyl sites for hydroxylation is 1. The fourth-order valence-electron chi connectivity index (χ4n) is 3.57. The molecule has 140 valence electrons. The van der Waals surface area contributed by atoms with Gasteiger partial charge in [-0.05, 0) is 51.1 Å². The maximum Gasteiger partial charge on any atom is 0.237 e. The normalized spacial score (nSPS) is 23.2. The molecule has 2 fully saturated rings. The van der Waals surface area contributed by atoms with E-state index in [1.807, 2.05) is 17.9 Å². The predicted octanol–water partition coefficient (Wildman–Crippen LogP) is 0.789. The summed E-state index contributed by atoms with van der Waals surface area (Å²) in [5.41, 5.74) is 1.76. The van der Waals surface area contributed by atoms with Crippen molar-refractivity contribution in [2.24, 2.45) is 5.92 Å². The Hall–Kier alpha value is -1.60. The lowest BCUT2D eigenvalue weighted by Crippen LogP contribution is -2.47. The van der Waals surface area contributed by atoms with Crippen LogP contribution in [0.1, 0.15) is 37.1 Å². The molecule has 7 nitrogen and oxygen atoms in total. The highest BCUT2D eigenvalue weighted by Gasteiger charge is 2.26. The van der Waals surface area contributed by atoms with Gasteiger partial charge in [-0.15, -0.1) is 12.4 Å². The van der Waals surface area contributed by atoms with Gasteiger partial charge in [0, 0.05) is 25.3 Å². The molecule has 2 saturated heterocycles. The van der Waals surface area contributed by atoms with Crippen molar-refractivity contribution in [3.8, 4) is 0 Å². The van der Waals surface area contributed by atoms with E-state index in [2.05, 4.69) is 20.8 Å². The van der Waals surface area contributed by atoms with Gasteiger partial charge in [-0.2, -0.15) is 5.10 Å². The summed E-state index contributed by atoms with van der Waals surface area (Å²) in [7, 11) is 0. The number of rotatable bonds is 5. The zero-order valence-electron chi connectivity index (χ0n) is 14.7.